The first kappa shape index (κ1) is 26.4. The van der Waals surface area contributed by atoms with E-state index in [2.05, 4.69) is 140 Å². The van der Waals surface area contributed by atoms with E-state index >= 15 is 0 Å². The Morgan fingerprint density at radius 2 is 1.36 bits per heavy atom. The fourth-order valence-electron chi connectivity index (χ4n) is 6.60. The fourth-order valence-corrected chi connectivity index (χ4v) is 6.60. The predicted octanol–water partition coefficient (Wildman–Crippen LogP) is 11.1. The number of aromatic nitrogens is 3. The lowest BCUT2D eigenvalue weighted by atomic mass is 9.87. The Balaban J connectivity index is 1.44. The Kier molecular flexibility index (Phi) is 6.12. The molecule has 0 aliphatic heterocycles. The van der Waals surface area contributed by atoms with E-state index in [1.165, 1.54) is 38.7 Å². The second-order valence-corrected chi connectivity index (χ2v) is 12.3. The highest BCUT2D eigenvalue weighted by molar-refractivity contribution is 6.08. The molecule has 4 nitrogen and oxygen atoms in total. The van der Waals surface area contributed by atoms with Gasteiger partial charge in [-0.3, -0.25) is 4.57 Å². The first-order chi connectivity index (χ1) is 21.5. The Labute approximate surface area is 256 Å². The molecule has 0 amide bonds. The van der Waals surface area contributed by atoms with Crippen LogP contribution in [-0.4, -0.2) is 14.5 Å². The third-order valence-electron chi connectivity index (χ3n) is 8.80. The average molecular weight is 572 g/mol. The number of benzene rings is 5. The standard InChI is InChI=1S/C40H33N3O/c1-24(2)33-22-29(28-19-18-26-11-5-6-12-27(26)21-28)23-34(25(3)4)37(33)43-36-17-8-7-16-35(36)42-39(43)32-14-9-13-30-31-15-10-20-41-40(31)44-38(30)32/h5-25H,1-4H3. The molecule has 5 aromatic carbocycles. The Morgan fingerprint density at radius 1 is 0.636 bits per heavy atom. The van der Waals surface area contributed by atoms with Gasteiger partial charge < -0.3 is 4.42 Å². The van der Waals surface area contributed by atoms with E-state index < -0.39 is 0 Å². The molecule has 214 valence electrons. The molecule has 0 fully saturated rings. The molecule has 0 unspecified atom stereocenters. The van der Waals surface area contributed by atoms with Gasteiger partial charge in [0, 0.05) is 17.0 Å². The van der Waals surface area contributed by atoms with Crippen molar-refractivity contribution in [2.45, 2.75) is 39.5 Å². The van der Waals surface area contributed by atoms with Crippen LogP contribution in [-0.2, 0) is 0 Å². The molecule has 0 aliphatic carbocycles. The van der Waals surface area contributed by atoms with Gasteiger partial charge in [-0.05, 0) is 93.4 Å². The Morgan fingerprint density at radius 3 is 2.16 bits per heavy atom. The number of pyridine rings is 1. The molecule has 44 heavy (non-hydrogen) atoms. The predicted molar refractivity (Wildman–Crippen MR) is 183 cm³/mol. The van der Waals surface area contributed by atoms with Gasteiger partial charge in [0.25, 0.3) is 0 Å². The van der Waals surface area contributed by atoms with E-state index in [-0.39, 0.29) is 11.8 Å². The van der Waals surface area contributed by atoms with E-state index in [1.807, 2.05) is 6.07 Å². The van der Waals surface area contributed by atoms with Gasteiger partial charge in [-0.15, -0.1) is 0 Å². The lowest BCUT2D eigenvalue weighted by Crippen LogP contribution is -2.09. The SMILES string of the molecule is CC(C)c1cc(-c2ccc3ccccc3c2)cc(C(C)C)c1-n1c(-c2cccc3c2oc2ncccc23)nc2ccccc21. The van der Waals surface area contributed by atoms with Crippen molar-refractivity contribution in [1.82, 2.24) is 14.5 Å². The molecule has 8 aromatic rings. The van der Waals surface area contributed by atoms with Gasteiger partial charge in [-0.1, -0.05) is 88.4 Å². The van der Waals surface area contributed by atoms with Crippen molar-refractivity contribution in [3.05, 3.63) is 127 Å². The lowest BCUT2D eigenvalue weighted by Gasteiger charge is -2.24. The number of fused-ring (bicyclic) bond motifs is 5. The molecule has 0 bridgehead atoms. The summed E-state index contributed by atoms with van der Waals surface area (Å²) in [5.74, 6) is 1.43. The molecule has 0 N–H and O–H groups in total. The monoisotopic (exact) mass is 571 g/mol. The summed E-state index contributed by atoms with van der Waals surface area (Å²) in [5.41, 5.74) is 10.7. The molecule has 0 atom stereocenters. The first-order valence-electron chi connectivity index (χ1n) is 15.4. The zero-order chi connectivity index (χ0) is 29.9. The number of nitrogens with zero attached hydrogens (tertiary/aromatic N) is 3. The summed E-state index contributed by atoms with van der Waals surface area (Å²) >= 11 is 0. The number of imidazole rings is 1. The molecule has 0 spiro atoms. The maximum atomic E-state index is 6.43. The minimum Gasteiger partial charge on any atom is -0.437 e. The van der Waals surface area contributed by atoms with Gasteiger partial charge in [0.05, 0.1) is 22.3 Å². The van der Waals surface area contributed by atoms with Gasteiger partial charge in [0.15, 0.2) is 0 Å². The van der Waals surface area contributed by atoms with E-state index in [0.717, 1.165) is 38.8 Å². The fraction of sp³-hybridized carbons (Fsp3) is 0.150. The van der Waals surface area contributed by atoms with E-state index in [0.29, 0.717) is 5.71 Å². The molecular weight excluding hydrogens is 538 g/mol. The molecule has 4 heteroatoms. The topological polar surface area (TPSA) is 43.9 Å². The van der Waals surface area contributed by atoms with Gasteiger partial charge in [-0.2, -0.15) is 0 Å². The van der Waals surface area contributed by atoms with Crippen molar-refractivity contribution in [2.24, 2.45) is 0 Å². The summed E-state index contributed by atoms with van der Waals surface area (Å²) in [4.78, 5) is 9.79. The van der Waals surface area contributed by atoms with E-state index in [9.17, 15) is 0 Å². The maximum absolute atomic E-state index is 6.43. The molecule has 0 aliphatic rings. The summed E-state index contributed by atoms with van der Waals surface area (Å²) in [6.45, 7) is 9.16. The molecule has 0 radical (unpaired) electrons. The third kappa shape index (κ3) is 4.13. The van der Waals surface area contributed by atoms with E-state index in [1.54, 1.807) is 6.20 Å². The van der Waals surface area contributed by atoms with Gasteiger partial charge in [-0.25, -0.2) is 9.97 Å². The summed E-state index contributed by atoms with van der Waals surface area (Å²) in [7, 11) is 0. The highest BCUT2D eigenvalue weighted by atomic mass is 16.3. The second kappa shape index (κ2) is 10.2. The third-order valence-corrected chi connectivity index (χ3v) is 8.80. The van der Waals surface area contributed by atoms with Crippen LogP contribution in [0.5, 0.6) is 0 Å². The normalized spacial score (nSPS) is 12.0. The number of rotatable bonds is 5. The lowest BCUT2D eigenvalue weighted by molar-refractivity contribution is 0.654. The van der Waals surface area contributed by atoms with Gasteiger partial charge >= 0.3 is 0 Å². The quantitative estimate of drug-likeness (QED) is 0.206. The van der Waals surface area contributed by atoms with Crippen molar-refractivity contribution >= 4 is 43.9 Å². The number of hydrogen-bond acceptors (Lipinski definition) is 3. The van der Waals surface area contributed by atoms with Gasteiger partial charge in [0.2, 0.25) is 5.71 Å². The zero-order valence-electron chi connectivity index (χ0n) is 25.4. The molecule has 0 saturated carbocycles. The van der Waals surface area contributed by atoms with Crippen LogP contribution in [0.15, 0.2) is 120 Å². The van der Waals surface area contributed by atoms with Gasteiger partial charge in [0.1, 0.15) is 11.4 Å². The minimum atomic E-state index is 0.281. The van der Waals surface area contributed by atoms with Crippen molar-refractivity contribution in [3.63, 3.8) is 0 Å². The summed E-state index contributed by atoms with van der Waals surface area (Å²) in [6, 6.07) is 38.9. The Bertz CT molecular complexity index is 2330. The highest BCUT2D eigenvalue weighted by Crippen LogP contribution is 2.42. The maximum Gasteiger partial charge on any atom is 0.227 e. The summed E-state index contributed by atoms with van der Waals surface area (Å²) in [5, 5.41) is 4.56. The van der Waals surface area contributed by atoms with Crippen LogP contribution >= 0.6 is 0 Å². The largest absolute Gasteiger partial charge is 0.437 e. The second-order valence-electron chi connectivity index (χ2n) is 12.3. The van der Waals surface area contributed by atoms with Crippen LogP contribution < -0.4 is 0 Å². The number of furan rings is 1. The number of para-hydroxylation sites is 3. The first-order valence-corrected chi connectivity index (χ1v) is 15.4. The van der Waals surface area contributed by atoms with Crippen molar-refractivity contribution < 1.29 is 4.42 Å². The van der Waals surface area contributed by atoms with Crippen molar-refractivity contribution in [3.8, 4) is 28.2 Å². The molecule has 0 saturated heterocycles. The molecule has 3 aromatic heterocycles. The smallest absolute Gasteiger partial charge is 0.227 e. The summed E-state index contributed by atoms with van der Waals surface area (Å²) < 4.78 is 8.80. The van der Waals surface area contributed by atoms with Crippen LogP contribution in [0.2, 0.25) is 0 Å². The Hall–Kier alpha value is -5.22. The van der Waals surface area contributed by atoms with Crippen LogP contribution in [0.1, 0.15) is 50.7 Å². The highest BCUT2D eigenvalue weighted by Gasteiger charge is 2.25. The average Bonchev–Trinajstić information content (AvgIpc) is 3.62. The van der Waals surface area contributed by atoms with Crippen LogP contribution in [0, 0.1) is 0 Å². The minimum absolute atomic E-state index is 0.281. The van der Waals surface area contributed by atoms with Crippen LogP contribution in [0.3, 0.4) is 0 Å². The van der Waals surface area contributed by atoms with Crippen molar-refractivity contribution in [2.75, 3.05) is 0 Å². The number of hydrogen-bond donors (Lipinski definition) is 0. The summed E-state index contributed by atoms with van der Waals surface area (Å²) in [6.07, 6.45) is 1.78. The molecule has 3 heterocycles. The zero-order valence-corrected chi connectivity index (χ0v) is 25.4. The van der Waals surface area contributed by atoms with Crippen molar-refractivity contribution in [1.29, 1.82) is 0 Å². The van der Waals surface area contributed by atoms with Crippen LogP contribution in [0.4, 0.5) is 0 Å². The van der Waals surface area contributed by atoms with Crippen LogP contribution in [0.25, 0.3) is 72.1 Å². The molecular formula is C40H33N3O. The van der Waals surface area contributed by atoms with E-state index in [4.69, 9.17) is 9.40 Å². The molecule has 8 rings (SSSR count).